The first kappa shape index (κ1) is 34.5. The van der Waals surface area contributed by atoms with Crippen LogP contribution in [0.25, 0.3) is 22.0 Å². The molecule has 1 saturated heterocycles. The average molecular weight is 636 g/mol. The molecule has 1 fully saturated rings. The standard InChI is InChI=1S/C35H45N3O8/c1-6-7-16-44-33(40)30(35(2,3)4)38-34(41)45-18-11-17-43-25-14-10-13-23(19-25)27-20-24-12-8-9-15-28(24)37-31(27)46-26-21-29(36-22-26)32(39)42-5/h8-10,12-15,19-20,26,29-30,36H,6-7,11,16-18,21-22H2,1-5H3,(H,38,41)/t26-,29+,30-/m1/s1. The molecule has 4 rings (SSSR count). The molecule has 0 radical (unpaired) electrons. The topological polar surface area (TPSA) is 134 Å². The highest BCUT2D eigenvalue weighted by atomic mass is 16.6. The minimum Gasteiger partial charge on any atom is -0.493 e. The lowest BCUT2D eigenvalue weighted by Crippen LogP contribution is -2.50. The van der Waals surface area contributed by atoms with E-state index in [1.807, 2.05) is 82.3 Å². The maximum absolute atomic E-state index is 12.5. The number of alkyl carbamates (subject to hydrolysis) is 1. The summed E-state index contributed by atoms with van der Waals surface area (Å²) in [6, 6.07) is 16.2. The Labute approximate surface area is 270 Å². The van der Waals surface area contributed by atoms with Gasteiger partial charge in [0.2, 0.25) is 5.88 Å². The number of methoxy groups -OCH3 is 1. The van der Waals surface area contributed by atoms with Crippen LogP contribution in [0.1, 0.15) is 53.4 Å². The molecule has 11 heteroatoms. The van der Waals surface area contributed by atoms with Crippen molar-refractivity contribution in [1.82, 2.24) is 15.6 Å². The Morgan fingerprint density at radius 3 is 2.54 bits per heavy atom. The first-order valence-electron chi connectivity index (χ1n) is 15.8. The fraction of sp³-hybridized carbons (Fsp3) is 0.486. The summed E-state index contributed by atoms with van der Waals surface area (Å²) in [6.07, 6.45) is 1.66. The SMILES string of the molecule is CCCCOC(=O)[C@@H](NC(=O)OCCCOc1cccc(-c2cc3ccccc3nc2O[C@H]2CN[C@H](C(=O)OC)C2)c1)C(C)(C)C. The molecule has 1 aliphatic heterocycles. The van der Waals surface area contributed by atoms with Gasteiger partial charge in [-0.1, -0.05) is 64.4 Å². The smallest absolute Gasteiger partial charge is 0.407 e. The number of ether oxygens (including phenoxy) is 5. The first-order valence-corrected chi connectivity index (χ1v) is 15.8. The summed E-state index contributed by atoms with van der Waals surface area (Å²) in [7, 11) is 1.37. The fourth-order valence-electron chi connectivity index (χ4n) is 5.02. The molecule has 3 aromatic rings. The number of benzene rings is 2. The van der Waals surface area contributed by atoms with Crippen LogP contribution in [0.2, 0.25) is 0 Å². The summed E-state index contributed by atoms with van der Waals surface area (Å²) in [5.74, 6) is 0.319. The quantitative estimate of drug-likeness (QED) is 0.134. The van der Waals surface area contributed by atoms with E-state index in [1.54, 1.807) is 0 Å². The van der Waals surface area contributed by atoms with Gasteiger partial charge in [0, 0.05) is 30.3 Å². The highest BCUT2D eigenvalue weighted by molar-refractivity contribution is 5.86. The molecule has 0 spiro atoms. The largest absolute Gasteiger partial charge is 0.493 e. The minimum absolute atomic E-state index is 0.113. The van der Waals surface area contributed by atoms with Crippen molar-refractivity contribution >= 4 is 28.9 Å². The van der Waals surface area contributed by atoms with E-state index in [0.717, 1.165) is 34.9 Å². The number of pyridine rings is 1. The molecule has 0 saturated carbocycles. The molecular weight excluding hydrogens is 590 g/mol. The number of nitrogens with zero attached hydrogens (tertiary/aromatic N) is 1. The lowest BCUT2D eigenvalue weighted by molar-refractivity contribution is -0.149. The minimum atomic E-state index is -0.825. The fourth-order valence-corrected chi connectivity index (χ4v) is 5.02. The summed E-state index contributed by atoms with van der Waals surface area (Å²) in [4.78, 5) is 41.8. The van der Waals surface area contributed by atoms with Gasteiger partial charge in [-0.15, -0.1) is 0 Å². The maximum atomic E-state index is 12.5. The number of hydrogen-bond acceptors (Lipinski definition) is 10. The van der Waals surface area contributed by atoms with Crippen LogP contribution in [-0.4, -0.2) is 74.7 Å². The predicted octanol–water partition coefficient (Wildman–Crippen LogP) is 5.44. The summed E-state index contributed by atoms with van der Waals surface area (Å²) < 4.78 is 27.9. The second-order valence-electron chi connectivity index (χ2n) is 12.3. The van der Waals surface area contributed by atoms with E-state index < -0.39 is 29.6 Å². The Kier molecular flexibility index (Phi) is 12.2. The molecule has 1 aliphatic rings. The van der Waals surface area contributed by atoms with Crippen LogP contribution in [0.3, 0.4) is 0 Å². The summed E-state index contributed by atoms with van der Waals surface area (Å²) >= 11 is 0. The molecule has 1 amide bonds. The maximum Gasteiger partial charge on any atom is 0.407 e. The van der Waals surface area contributed by atoms with E-state index >= 15 is 0 Å². The molecule has 11 nitrogen and oxygen atoms in total. The molecule has 248 valence electrons. The van der Waals surface area contributed by atoms with Gasteiger partial charge in [-0.3, -0.25) is 4.79 Å². The van der Waals surface area contributed by atoms with Crippen molar-refractivity contribution in [2.45, 2.75) is 71.6 Å². The number of nitrogens with one attached hydrogen (secondary N) is 2. The van der Waals surface area contributed by atoms with Gasteiger partial charge >= 0.3 is 18.0 Å². The van der Waals surface area contributed by atoms with Crippen LogP contribution in [0, 0.1) is 5.41 Å². The Balaban J connectivity index is 1.35. The van der Waals surface area contributed by atoms with Gasteiger partial charge < -0.3 is 34.3 Å². The van der Waals surface area contributed by atoms with Gasteiger partial charge in [0.15, 0.2) is 0 Å². The number of para-hydroxylation sites is 1. The zero-order valence-electron chi connectivity index (χ0n) is 27.3. The number of carbonyl (C=O) groups excluding carboxylic acids is 3. The third-order valence-corrected chi connectivity index (χ3v) is 7.59. The van der Waals surface area contributed by atoms with Crippen LogP contribution in [0.15, 0.2) is 54.6 Å². The lowest BCUT2D eigenvalue weighted by Gasteiger charge is -2.29. The van der Waals surface area contributed by atoms with Crippen LogP contribution in [-0.2, 0) is 23.8 Å². The number of amides is 1. The van der Waals surface area contributed by atoms with Crippen molar-refractivity contribution in [1.29, 1.82) is 0 Å². The van der Waals surface area contributed by atoms with E-state index in [9.17, 15) is 14.4 Å². The van der Waals surface area contributed by atoms with Crippen molar-refractivity contribution in [2.24, 2.45) is 5.41 Å². The normalized spacial score (nSPS) is 16.8. The molecule has 46 heavy (non-hydrogen) atoms. The van der Waals surface area contributed by atoms with Crippen LogP contribution < -0.4 is 20.1 Å². The van der Waals surface area contributed by atoms with Gasteiger partial charge in [0.1, 0.15) is 23.9 Å². The molecule has 1 aromatic heterocycles. The molecule has 2 N–H and O–H groups in total. The zero-order chi connectivity index (χ0) is 33.1. The van der Waals surface area contributed by atoms with Gasteiger partial charge in [-0.05, 0) is 41.7 Å². The second kappa shape index (κ2) is 16.3. The van der Waals surface area contributed by atoms with Gasteiger partial charge in [0.25, 0.3) is 0 Å². The van der Waals surface area contributed by atoms with Crippen molar-refractivity contribution in [3.63, 3.8) is 0 Å². The Morgan fingerprint density at radius 1 is 1.00 bits per heavy atom. The van der Waals surface area contributed by atoms with Gasteiger partial charge in [-0.25, -0.2) is 14.6 Å². The van der Waals surface area contributed by atoms with Gasteiger partial charge in [-0.2, -0.15) is 0 Å². The van der Waals surface area contributed by atoms with Crippen LogP contribution >= 0.6 is 0 Å². The molecular formula is C35H45N3O8. The Morgan fingerprint density at radius 2 is 1.78 bits per heavy atom. The summed E-state index contributed by atoms with van der Waals surface area (Å²) in [5, 5.41) is 6.77. The second-order valence-corrected chi connectivity index (χ2v) is 12.3. The summed E-state index contributed by atoms with van der Waals surface area (Å²) in [6.45, 7) is 8.82. The van der Waals surface area contributed by atoms with Crippen molar-refractivity contribution in [2.75, 3.05) is 33.5 Å². The summed E-state index contributed by atoms with van der Waals surface area (Å²) in [5.41, 5.74) is 1.92. The lowest BCUT2D eigenvalue weighted by atomic mass is 9.87. The van der Waals surface area contributed by atoms with E-state index in [-0.39, 0.29) is 18.7 Å². The molecule has 2 heterocycles. The number of fused-ring (bicyclic) bond motifs is 1. The zero-order valence-corrected chi connectivity index (χ0v) is 27.3. The molecule has 3 atom stereocenters. The van der Waals surface area contributed by atoms with Crippen LogP contribution in [0.5, 0.6) is 11.6 Å². The molecule has 2 aromatic carbocycles. The van der Waals surface area contributed by atoms with Gasteiger partial charge in [0.05, 0.1) is 32.4 Å². The van der Waals surface area contributed by atoms with E-state index in [4.69, 9.17) is 28.7 Å². The molecule has 0 bridgehead atoms. The predicted molar refractivity (Wildman–Crippen MR) is 174 cm³/mol. The number of esters is 2. The van der Waals surface area contributed by atoms with E-state index in [2.05, 4.69) is 10.6 Å². The highest BCUT2D eigenvalue weighted by Crippen LogP contribution is 2.35. The number of carbonyl (C=O) groups is 3. The number of aromatic nitrogens is 1. The van der Waals surface area contributed by atoms with Crippen LogP contribution in [0.4, 0.5) is 4.79 Å². The Bertz CT molecular complexity index is 1490. The third-order valence-electron chi connectivity index (χ3n) is 7.59. The molecule has 0 unspecified atom stereocenters. The number of unbranched alkanes of at least 4 members (excludes halogenated alkanes) is 1. The van der Waals surface area contributed by atoms with Crippen molar-refractivity contribution in [3.05, 3.63) is 54.6 Å². The number of hydrogen-bond donors (Lipinski definition) is 2. The monoisotopic (exact) mass is 635 g/mol. The number of rotatable bonds is 14. The first-order chi connectivity index (χ1) is 22.1. The van der Waals surface area contributed by atoms with Crippen molar-refractivity contribution in [3.8, 4) is 22.8 Å². The highest BCUT2D eigenvalue weighted by Gasteiger charge is 2.35. The third kappa shape index (κ3) is 9.56. The van der Waals surface area contributed by atoms with E-state index in [1.165, 1.54) is 7.11 Å². The van der Waals surface area contributed by atoms with E-state index in [0.29, 0.717) is 44.2 Å². The Hall–Kier alpha value is -4.38. The average Bonchev–Trinajstić information content (AvgIpc) is 3.51. The molecule has 0 aliphatic carbocycles. The van der Waals surface area contributed by atoms with Crippen molar-refractivity contribution < 1.29 is 38.1 Å².